The summed E-state index contributed by atoms with van der Waals surface area (Å²) in [6.45, 7) is 4.93. The van der Waals surface area contributed by atoms with Gasteiger partial charge in [0, 0.05) is 29.9 Å². The van der Waals surface area contributed by atoms with Crippen LogP contribution in [0.4, 0.5) is 5.69 Å². The van der Waals surface area contributed by atoms with E-state index in [-0.39, 0.29) is 16.9 Å². The van der Waals surface area contributed by atoms with Crippen LogP contribution in [0.15, 0.2) is 48.5 Å². The number of anilines is 1. The van der Waals surface area contributed by atoms with Crippen molar-refractivity contribution >= 4 is 34.8 Å². The summed E-state index contributed by atoms with van der Waals surface area (Å²) in [5.41, 5.74) is 1.74. The largest absolute Gasteiger partial charge is 0.494 e. The van der Waals surface area contributed by atoms with E-state index in [4.69, 9.17) is 21.7 Å². The highest BCUT2D eigenvalue weighted by Crippen LogP contribution is 2.15. The first-order valence-electron chi connectivity index (χ1n) is 9.89. The Kier molecular flexibility index (Phi) is 7.75. The van der Waals surface area contributed by atoms with E-state index in [0.717, 1.165) is 6.42 Å². The zero-order valence-electron chi connectivity index (χ0n) is 16.8. The standard InChI is InChI=1S/C22H25N3O4S/c1-2-12-29-19-5-3-4-17(15-19)20(26)24-22(30)23-18-8-6-16(7-9-18)21(27)25-10-13-28-14-11-25/h3-9,15H,2,10-14H2,1H3,(H2,23,24,26,30). The van der Waals surface area contributed by atoms with Gasteiger partial charge in [-0.15, -0.1) is 0 Å². The van der Waals surface area contributed by atoms with Crippen molar-refractivity contribution < 1.29 is 19.1 Å². The van der Waals surface area contributed by atoms with Crippen LogP contribution < -0.4 is 15.4 Å². The van der Waals surface area contributed by atoms with Gasteiger partial charge in [-0.1, -0.05) is 13.0 Å². The van der Waals surface area contributed by atoms with Gasteiger partial charge in [-0.25, -0.2) is 0 Å². The number of nitrogens with zero attached hydrogens (tertiary/aromatic N) is 1. The van der Waals surface area contributed by atoms with Crippen molar-refractivity contribution in [1.29, 1.82) is 0 Å². The molecule has 7 nitrogen and oxygen atoms in total. The molecule has 30 heavy (non-hydrogen) atoms. The van der Waals surface area contributed by atoms with Gasteiger partial charge >= 0.3 is 0 Å². The van der Waals surface area contributed by atoms with E-state index in [2.05, 4.69) is 10.6 Å². The predicted octanol–water partition coefficient (Wildman–Crippen LogP) is 3.07. The monoisotopic (exact) mass is 427 g/mol. The Morgan fingerprint density at radius 3 is 2.53 bits per heavy atom. The minimum Gasteiger partial charge on any atom is -0.494 e. The van der Waals surface area contributed by atoms with Gasteiger partial charge in [-0.2, -0.15) is 0 Å². The number of thiocarbonyl (C=S) groups is 1. The summed E-state index contributed by atoms with van der Waals surface area (Å²) in [4.78, 5) is 26.7. The molecule has 1 fully saturated rings. The molecule has 158 valence electrons. The van der Waals surface area contributed by atoms with Crippen LogP contribution in [-0.4, -0.2) is 54.7 Å². The zero-order chi connectivity index (χ0) is 21.3. The Morgan fingerprint density at radius 2 is 1.83 bits per heavy atom. The summed E-state index contributed by atoms with van der Waals surface area (Å²) in [7, 11) is 0. The smallest absolute Gasteiger partial charge is 0.257 e. The molecule has 8 heteroatoms. The van der Waals surface area contributed by atoms with E-state index in [1.165, 1.54) is 0 Å². The van der Waals surface area contributed by atoms with E-state index in [1.54, 1.807) is 47.4 Å². The average Bonchev–Trinajstić information content (AvgIpc) is 2.78. The highest BCUT2D eigenvalue weighted by molar-refractivity contribution is 7.80. The van der Waals surface area contributed by atoms with Crippen molar-refractivity contribution in [2.24, 2.45) is 0 Å². The van der Waals surface area contributed by atoms with Crippen molar-refractivity contribution in [1.82, 2.24) is 10.2 Å². The van der Waals surface area contributed by atoms with Crippen molar-refractivity contribution in [2.75, 3.05) is 38.2 Å². The van der Waals surface area contributed by atoms with Gasteiger partial charge in [0.15, 0.2) is 5.11 Å². The van der Waals surface area contributed by atoms with Crippen LogP contribution in [0.5, 0.6) is 5.75 Å². The number of hydrogen-bond donors (Lipinski definition) is 2. The van der Waals surface area contributed by atoms with Crippen molar-refractivity contribution in [2.45, 2.75) is 13.3 Å². The summed E-state index contributed by atoms with van der Waals surface area (Å²) < 4.78 is 10.8. The van der Waals surface area contributed by atoms with Crippen LogP contribution in [0.25, 0.3) is 0 Å². The molecule has 0 aliphatic carbocycles. The molecular formula is C22H25N3O4S. The van der Waals surface area contributed by atoms with E-state index in [9.17, 15) is 9.59 Å². The molecule has 1 aliphatic rings. The summed E-state index contributed by atoms with van der Waals surface area (Å²) in [6.07, 6.45) is 0.890. The molecule has 2 aromatic carbocycles. The predicted molar refractivity (Wildman–Crippen MR) is 119 cm³/mol. The van der Waals surface area contributed by atoms with Crippen LogP contribution in [0.2, 0.25) is 0 Å². The van der Waals surface area contributed by atoms with Gasteiger partial charge in [0.1, 0.15) is 5.75 Å². The van der Waals surface area contributed by atoms with Gasteiger partial charge < -0.3 is 19.7 Å². The van der Waals surface area contributed by atoms with Crippen LogP contribution in [0.1, 0.15) is 34.1 Å². The maximum atomic E-state index is 12.5. The fourth-order valence-electron chi connectivity index (χ4n) is 2.93. The Bertz CT molecular complexity index is 896. The quantitative estimate of drug-likeness (QED) is 0.690. The molecule has 2 aromatic rings. The van der Waals surface area contributed by atoms with Crippen molar-refractivity contribution in [3.05, 3.63) is 59.7 Å². The summed E-state index contributed by atoms with van der Waals surface area (Å²) >= 11 is 5.24. The maximum Gasteiger partial charge on any atom is 0.257 e. The third-order valence-corrected chi connectivity index (χ3v) is 4.69. The van der Waals surface area contributed by atoms with Gasteiger partial charge in [0.25, 0.3) is 11.8 Å². The molecule has 0 bridgehead atoms. The second-order valence-electron chi connectivity index (χ2n) is 6.77. The van der Waals surface area contributed by atoms with Crippen molar-refractivity contribution in [3.8, 4) is 5.75 Å². The SMILES string of the molecule is CCCOc1cccc(C(=O)NC(=S)Nc2ccc(C(=O)N3CCOCC3)cc2)c1. The molecule has 0 spiro atoms. The normalized spacial score (nSPS) is 13.4. The molecule has 3 rings (SSSR count). The minimum absolute atomic E-state index is 0.0223. The van der Waals surface area contributed by atoms with E-state index in [0.29, 0.717) is 55.5 Å². The number of benzene rings is 2. The van der Waals surface area contributed by atoms with E-state index < -0.39 is 0 Å². The molecule has 0 aromatic heterocycles. The Labute approximate surface area is 181 Å². The maximum absolute atomic E-state index is 12.5. The lowest BCUT2D eigenvalue weighted by Gasteiger charge is -2.26. The van der Waals surface area contributed by atoms with Gasteiger partial charge in [-0.3, -0.25) is 14.9 Å². The third kappa shape index (κ3) is 6.01. The number of carbonyl (C=O) groups is 2. The van der Waals surface area contributed by atoms with Crippen LogP contribution in [0, 0.1) is 0 Å². The first kappa shape index (κ1) is 21.7. The second kappa shape index (κ2) is 10.7. The molecule has 1 heterocycles. The number of nitrogens with one attached hydrogen (secondary N) is 2. The lowest BCUT2D eigenvalue weighted by molar-refractivity contribution is 0.0303. The van der Waals surface area contributed by atoms with Crippen LogP contribution in [-0.2, 0) is 4.74 Å². The number of amides is 2. The summed E-state index contributed by atoms with van der Waals surface area (Å²) in [5, 5.41) is 5.79. The number of morpholine rings is 1. The van der Waals surface area contributed by atoms with Gasteiger partial charge in [0.05, 0.1) is 19.8 Å². The fourth-order valence-corrected chi connectivity index (χ4v) is 3.14. The number of carbonyl (C=O) groups excluding carboxylic acids is 2. The van der Waals surface area contributed by atoms with Gasteiger partial charge in [-0.05, 0) is 61.1 Å². The first-order valence-corrected chi connectivity index (χ1v) is 10.3. The molecule has 1 saturated heterocycles. The molecule has 0 unspecified atom stereocenters. The lowest BCUT2D eigenvalue weighted by atomic mass is 10.1. The van der Waals surface area contributed by atoms with Gasteiger partial charge in [0.2, 0.25) is 0 Å². The minimum atomic E-state index is -0.325. The molecule has 2 amide bonds. The molecule has 0 radical (unpaired) electrons. The molecule has 0 saturated carbocycles. The van der Waals surface area contributed by atoms with Crippen LogP contribution in [0.3, 0.4) is 0 Å². The zero-order valence-corrected chi connectivity index (χ0v) is 17.7. The number of rotatable bonds is 6. The fraction of sp³-hybridized carbons (Fsp3) is 0.318. The first-order chi connectivity index (χ1) is 14.6. The lowest BCUT2D eigenvalue weighted by Crippen LogP contribution is -2.40. The average molecular weight is 428 g/mol. The summed E-state index contributed by atoms with van der Waals surface area (Å²) in [6, 6.07) is 13.9. The molecular weight excluding hydrogens is 402 g/mol. The number of ether oxygens (including phenoxy) is 2. The molecule has 1 aliphatic heterocycles. The molecule has 0 atom stereocenters. The Morgan fingerprint density at radius 1 is 1.10 bits per heavy atom. The van der Waals surface area contributed by atoms with Crippen molar-refractivity contribution in [3.63, 3.8) is 0 Å². The summed E-state index contributed by atoms with van der Waals surface area (Å²) in [5.74, 6) is 0.295. The van der Waals surface area contributed by atoms with Crippen LogP contribution >= 0.6 is 12.2 Å². The topological polar surface area (TPSA) is 79.9 Å². The van der Waals surface area contributed by atoms with E-state index >= 15 is 0 Å². The Balaban J connectivity index is 1.54. The second-order valence-corrected chi connectivity index (χ2v) is 7.17. The highest BCUT2D eigenvalue weighted by Gasteiger charge is 2.18. The molecule has 2 N–H and O–H groups in total. The third-order valence-electron chi connectivity index (χ3n) is 4.48. The van der Waals surface area contributed by atoms with E-state index in [1.807, 2.05) is 13.0 Å². The Hall–Kier alpha value is -2.97. The highest BCUT2D eigenvalue weighted by atomic mass is 32.1. The number of hydrogen-bond acceptors (Lipinski definition) is 5.